The number of hydrogen-bond donors (Lipinski definition) is 0. The Hall–Kier alpha value is -0.830. The molecule has 1 unspecified atom stereocenters. The second-order valence-corrected chi connectivity index (χ2v) is 3.29. The predicted molar refractivity (Wildman–Crippen MR) is 55.8 cm³/mol. The topological polar surface area (TPSA) is 38.8 Å². The largest absolute Gasteiger partial charge is 0.432 e. The van der Waals surface area contributed by atoms with Crippen LogP contribution in [0.1, 0.15) is 41.5 Å². The number of esters is 1. The lowest BCUT2D eigenvalue weighted by molar-refractivity contribution is -0.136. The number of epoxide rings is 1. The van der Waals surface area contributed by atoms with Crippen molar-refractivity contribution in [2.24, 2.45) is 0 Å². The van der Waals surface area contributed by atoms with Crippen LogP contribution in [0.2, 0.25) is 0 Å². The van der Waals surface area contributed by atoms with E-state index in [0.717, 1.165) is 12.2 Å². The van der Waals surface area contributed by atoms with Crippen molar-refractivity contribution in [2.45, 2.75) is 47.1 Å². The summed E-state index contributed by atoms with van der Waals surface area (Å²) < 4.78 is 10.2. The Balaban J connectivity index is 0.000000791. The van der Waals surface area contributed by atoms with Crippen LogP contribution in [0.4, 0.5) is 0 Å². The van der Waals surface area contributed by atoms with Gasteiger partial charge in [0.1, 0.15) is 11.4 Å². The first-order valence-corrected chi connectivity index (χ1v) is 4.96. The molecule has 0 aromatic carbocycles. The van der Waals surface area contributed by atoms with Crippen molar-refractivity contribution < 1.29 is 14.3 Å². The predicted octanol–water partition coefficient (Wildman–Crippen LogP) is 2.66. The Morgan fingerprint density at radius 1 is 1.29 bits per heavy atom. The van der Waals surface area contributed by atoms with Gasteiger partial charge in [-0.15, -0.1) is 0 Å². The van der Waals surface area contributed by atoms with Crippen LogP contribution in [0, 0.1) is 0 Å². The van der Waals surface area contributed by atoms with Gasteiger partial charge in [0.25, 0.3) is 0 Å². The Labute approximate surface area is 86.1 Å². The van der Waals surface area contributed by atoms with Crippen molar-refractivity contribution in [3.05, 3.63) is 11.3 Å². The lowest BCUT2D eigenvalue weighted by Gasteiger charge is -2.09. The number of hydrogen-bond acceptors (Lipinski definition) is 3. The molecule has 0 bridgehead atoms. The molecule has 14 heavy (non-hydrogen) atoms. The third-order valence-corrected chi connectivity index (χ3v) is 2.20. The highest BCUT2D eigenvalue weighted by molar-refractivity contribution is 5.67. The quantitative estimate of drug-likeness (QED) is 0.391. The van der Waals surface area contributed by atoms with Crippen molar-refractivity contribution >= 4 is 5.97 Å². The summed E-state index contributed by atoms with van der Waals surface area (Å²) in [7, 11) is 0. The molecule has 3 heteroatoms. The summed E-state index contributed by atoms with van der Waals surface area (Å²) >= 11 is 0. The third kappa shape index (κ3) is 3.50. The number of ether oxygens (including phenoxy) is 2. The van der Waals surface area contributed by atoms with E-state index in [2.05, 4.69) is 0 Å². The minimum atomic E-state index is -0.281. The van der Waals surface area contributed by atoms with E-state index in [9.17, 15) is 4.79 Å². The molecule has 0 aliphatic carbocycles. The summed E-state index contributed by atoms with van der Waals surface area (Å²) in [4.78, 5) is 10.6. The second kappa shape index (κ2) is 5.15. The molecule has 1 rings (SSSR count). The molecule has 82 valence electrons. The highest BCUT2D eigenvalue weighted by Gasteiger charge is 2.42. The van der Waals surface area contributed by atoms with E-state index in [1.54, 1.807) is 6.92 Å². The standard InChI is InChI=1S/C9H14O3.C2H6/c1-6(9(4)5-11-9)7(2)12-8(3)10;1-2/h5H2,1-4H3;1-2H3/b7-6-;. The highest BCUT2D eigenvalue weighted by atomic mass is 16.6. The average Bonchev–Trinajstić information content (AvgIpc) is 2.86. The molecule has 1 saturated heterocycles. The Morgan fingerprint density at radius 3 is 2.00 bits per heavy atom. The summed E-state index contributed by atoms with van der Waals surface area (Å²) in [6.07, 6.45) is 0. The van der Waals surface area contributed by atoms with Crippen molar-refractivity contribution in [3.63, 3.8) is 0 Å². The van der Waals surface area contributed by atoms with E-state index < -0.39 is 0 Å². The van der Waals surface area contributed by atoms with Crippen LogP contribution < -0.4 is 0 Å². The number of carbonyl (C=O) groups is 1. The lowest BCUT2D eigenvalue weighted by Crippen LogP contribution is -2.10. The normalized spacial score (nSPS) is 25.6. The molecule has 1 aliphatic heterocycles. The van der Waals surface area contributed by atoms with E-state index in [-0.39, 0.29) is 11.6 Å². The smallest absolute Gasteiger partial charge is 0.307 e. The Bertz CT molecular complexity index is 237. The zero-order valence-electron chi connectivity index (χ0n) is 9.93. The monoisotopic (exact) mass is 200 g/mol. The molecule has 0 saturated carbocycles. The number of allylic oxidation sites excluding steroid dienone is 1. The summed E-state index contributed by atoms with van der Waals surface area (Å²) in [5, 5.41) is 0. The molecule has 0 radical (unpaired) electrons. The molecule has 1 atom stereocenters. The van der Waals surface area contributed by atoms with Crippen LogP contribution in [0.25, 0.3) is 0 Å². The summed E-state index contributed by atoms with van der Waals surface area (Å²) in [6.45, 7) is 11.8. The van der Waals surface area contributed by atoms with Crippen LogP contribution in [-0.4, -0.2) is 18.2 Å². The molecule has 3 nitrogen and oxygen atoms in total. The molecule has 0 aromatic heterocycles. The van der Waals surface area contributed by atoms with E-state index in [1.165, 1.54) is 6.92 Å². The molecular weight excluding hydrogens is 180 g/mol. The Morgan fingerprint density at radius 2 is 1.71 bits per heavy atom. The molecule has 0 aromatic rings. The van der Waals surface area contributed by atoms with Crippen molar-refractivity contribution in [1.29, 1.82) is 0 Å². The van der Waals surface area contributed by atoms with E-state index in [0.29, 0.717) is 5.76 Å². The van der Waals surface area contributed by atoms with Crippen molar-refractivity contribution in [1.82, 2.24) is 0 Å². The van der Waals surface area contributed by atoms with Crippen LogP contribution >= 0.6 is 0 Å². The van der Waals surface area contributed by atoms with Gasteiger partial charge >= 0.3 is 5.97 Å². The minimum Gasteiger partial charge on any atom is -0.432 e. The van der Waals surface area contributed by atoms with Crippen LogP contribution in [0.15, 0.2) is 11.3 Å². The van der Waals surface area contributed by atoms with Crippen LogP contribution in [-0.2, 0) is 14.3 Å². The fourth-order valence-corrected chi connectivity index (χ4v) is 0.989. The molecule has 1 heterocycles. The fraction of sp³-hybridized carbons (Fsp3) is 0.727. The van der Waals surface area contributed by atoms with Gasteiger partial charge in [-0.2, -0.15) is 0 Å². The molecule has 0 N–H and O–H groups in total. The maximum Gasteiger partial charge on any atom is 0.307 e. The summed E-state index contributed by atoms with van der Waals surface area (Å²) in [6, 6.07) is 0. The van der Waals surface area contributed by atoms with Gasteiger partial charge in [-0.1, -0.05) is 13.8 Å². The van der Waals surface area contributed by atoms with Gasteiger partial charge in [0.2, 0.25) is 0 Å². The van der Waals surface area contributed by atoms with E-state index in [4.69, 9.17) is 9.47 Å². The van der Waals surface area contributed by atoms with E-state index in [1.807, 2.05) is 27.7 Å². The third-order valence-electron chi connectivity index (χ3n) is 2.20. The van der Waals surface area contributed by atoms with Gasteiger partial charge in [-0.3, -0.25) is 4.79 Å². The van der Waals surface area contributed by atoms with Gasteiger partial charge in [0.15, 0.2) is 0 Å². The molecule has 1 fully saturated rings. The first-order chi connectivity index (χ1) is 6.46. The number of carbonyl (C=O) groups excluding carboxylic acids is 1. The average molecular weight is 200 g/mol. The SMILES string of the molecule is CC.CC(=O)O/C(C)=C(/C)C1(C)CO1. The summed E-state index contributed by atoms with van der Waals surface area (Å²) in [5.41, 5.74) is 0.817. The second-order valence-electron chi connectivity index (χ2n) is 3.29. The van der Waals surface area contributed by atoms with E-state index >= 15 is 0 Å². The number of rotatable bonds is 2. The van der Waals surface area contributed by atoms with Crippen molar-refractivity contribution in [3.8, 4) is 0 Å². The Kier molecular flexibility index (Phi) is 4.85. The molecule has 0 spiro atoms. The zero-order chi connectivity index (χ0) is 11.4. The highest BCUT2D eigenvalue weighted by Crippen LogP contribution is 2.35. The van der Waals surface area contributed by atoms with Gasteiger partial charge < -0.3 is 9.47 Å². The van der Waals surface area contributed by atoms with Gasteiger partial charge in [-0.25, -0.2) is 0 Å². The molecular formula is C11H20O3. The molecule has 1 aliphatic rings. The zero-order valence-corrected chi connectivity index (χ0v) is 9.93. The first-order valence-electron chi connectivity index (χ1n) is 4.96. The minimum absolute atomic E-state index is 0.181. The maximum absolute atomic E-state index is 10.6. The first kappa shape index (κ1) is 13.2. The fourth-order valence-electron chi connectivity index (χ4n) is 0.989. The lowest BCUT2D eigenvalue weighted by atomic mass is 10.0. The van der Waals surface area contributed by atoms with Gasteiger partial charge in [0.05, 0.1) is 6.61 Å². The van der Waals surface area contributed by atoms with Crippen LogP contribution in [0.3, 0.4) is 0 Å². The van der Waals surface area contributed by atoms with Gasteiger partial charge in [0, 0.05) is 6.92 Å². The maximum atomic E-state index is 10.6. The molecule has 0 amide bonds. The van der Waals surface area contributed by atoms with Crippen LogP contribution in [0.5, 0.6) is 0 Å². The van der Waals surface area contributed by atoms with Crippen molar-refractivity contribution in [2.75, 3.05) is 6.61 Å². The van der Waals surface area contributed by atoms with Gasteiger partial charge in [-0.05, 0) is 26.3 Å². The summed E-state index contributed by atoms with van der Waals surface area (Å²) in [5.74, 6) is 0.374.